The molecule has 0 spiro atoms. The van der Waals surface area contributed by atoms with Gasteiger partial charge >= 0.3 is 12.3 Å². The third kappa shape index (κ3) is 7.56. The summed E-state index contributed by atoms with van der Waals surface area (Å²) in [6.07, 6.45) is -2.65. The number of Topliss-reactive ketones (excluding diaryl/α,β-unsaturated/α-hetero) is 1. The van der Waals surface area contributed by atoms with Gasteiger partial charge in [0.15, 0.2) is 5.69 Å². The number of amides is 2. The molecule has 1 aliphatic rings. The predicted octanol–water partition coefficient (Wildman–Crippen LogP) is 5.01. The molecule has 0 saturated carbocycles. The average Bonchev–Trinajstić information content (AvgIpc) is 3.27. The highest BCUT2D eigenvalue weighted by molar-refractivity contribution is 5.95. The van der Waals surface area contributed by atoms with Gasteiger partial charge in [-0.25, -0.2) is 9.48 Å². The molecular formula is C26H33F3N4O4. The molecule has 0 aliphatic carbocycles. The van der Waals surface area contributed by atoms with Crippen LogP contribution in [0.5, 0.6) is 0 Å². The highest BCUT2D eigenvalue weighted by atomic mass is 19.4. The fraction of sp³-hybridized carbons (Fsp3) is 0.538. The van der Waals surface area contributed by atoms with E-state index in [1.165, 1.54) is 0 Å². The van der Waals surface area contributed by atoms with Crippen molar-refractivity contribution in [2.45, 2.75) is 71.2 Å². The summed E-state index contributed by atoms with van der Waals surface area (Å²) in [4.78, 5) is 39.2. The summed E-state index contributed by atoms with van der Waals surface area (Å²) in [5.74, 6) is -1.11. The van der Waals surface area contributed by atoms with Crippen LogP contribution < -0.4 is 5.32 Å². The largest absolute Gasteiger partial charge is 0.444 e. The lowest BCUT2D eigenvalue weighted by Gasteiger charge is -2.37. The van der Waals surface area contributed by atoms with E-state index in [1.54, 1.807) is 56.0 Å². The molecule has 2 aromatic rings. The SMILES string of the molecule is CC1CC(C(=O)CCCNC(=O)c2cn(-c3ccccc3)nc2C(F)(F)F)CCN1C(=O)OC(C)(C)C. The molecule has 11 heteroatoms. The van der Waals surface area contributed by atoms with Crippen LogP contribution in [0, 0.1) is 5.92 Å². The van der Waals surface area contributed by atoms with Gasteiger partial charge in [-0.15, -0.1) is 0 Å². The van der Waals surface area contributed by atoms with E-state index in [2.05, 4.69) is 10.4 Å². The third-order valence-electron chi connectivity index (χ3n) is 6.09. The van der Waals surface area contributed by atoms with Crippen LogP contribution in [0.25, 0.3) is 5.69 Å². The molecule has 2 amide bonds. The van der Waals surface area contributed by atoms with E-state index in [0.717, 1.165) is 10.9 Å². The molecule has 37 heavy (non-hydrogen) atoms. The number of carbonyl (C=O) groups is 3. The number of para-hydroxylation sites is 1. The number of nitrogens with one attached hydrogen (secondary N) is 1. The number of benzene rings is 1. The van der Waals surface area contributed by atoms with E-state index in [9.17, 15) is 27.6 Å². The zero-order valence-electron chi connectivity index (χ0n) is 21.5. The standard InChI is InChI=1S/C26H33F3N4O4/c1-17-15-18(12-14-32(17)24(36)37-25(2,3)4)21(34)11-8-13-30-23(35)20-16-33(19-9-6-5-7-10-19)31-22(20)26(27,28)29/h5-7,9-10,16-18H,8,11-15H2,1-4H3,(H,30,35). The van der Waals surface area contributed by atoms with E-state index >= 15 is 0 Å². The summed E-state index contributed by atoms with van der Waals surface area (Å²) in [6.45, 7) is 7.72. The molecule has 8 nitrogen and oxygen atoms in total. The lowest BCUT2D eigenvalue weighted by Crippen LogP contribution is -2.47. The normalized spacial score (nSPS) is 18.4. The number of aromatic nitrogens is 2. The summed E-state index contributed by atoms with van der Waals surface area (Å²) in [5, 5.41) is 6.05. The van der Waals surface area contributed by atoms with Crippen molar-refractivity contribution >= 4 is 17.8 Å². The number of rotatable bonds is 7. The summed E-state index contributed by atoms with van der Waals surface area (Å²) >= 11 is 0. The molecule has 0 bridgehead atoms. The van der Waals surface area contributed by atoms with Gasteiger partial charge in [0.1, 0.15) is 11.4 Å². The zero-order valence-corrected chi connectivity index (χ0v) is 21.5. The van der Waals surface area contributed by atoms with Crippen molar-refractivity contribution in [3.05, 3.63) is 47.8 Å². The number of halogens is 3. The van der Waals surface area contributed by atoms with Crippen LogP contribution in [0.3, 0.4) is 0 Å². The Kier molecular flexibility index (Phi) is 8.65. The quantitative estimate of drug-likeness (QED) is 0.517. The summed E-state index contributed by atoms with van der Waals surface area (Å²) in [7, 11) is 0. The van der Waals surface area contributed by atoms with Crippen LogP contribution in [-0.4, -0.2) is 57.2 Å². The Bertz CT molecular complexity index is 1110. The van der Waals surface area contributed by atoms with Gasteiger partial charge in [-0.05, 0) is 59.1 Å². The monoisotopic (exact) mass is 522 g/mol. The van der Waals surface area contributed by atoms with E-state index in [1.807, 2.05) is 6.92 Å². The second kappa shape index (κ2) is 11.4. The van der Waals surface area contributed by atoms with Gasteiger partial charge in [0.2, 0.25) is 0 Å². The molecule has 2 heterocycles. The fourth-order valence-corrected chi connectivity index (χ4v) is 4.28. The van der Waals surface area contributed by atoms with Crippen LogP contribution in [0.15, 0.2) is 36.5 Å². The second-order valence-electron chi connectivity index (χ2n) is 10.2. The average molecular weight is 523 g/mol. The van der Waals surface area contributed by atoms with Crippen LogP contribution >= 0.6 is 0 Å². The highest BCUT2D eigenvalue weighted by Gasteiger charge is 2.39. The van der Waals surface area contributed by atoms with Crippen LogP contribution in [0.2, 0.25) is 0 Å². The number of hydrogen-bond donors (Lipinski definition) is 1. The highest BCUT2D eigenvalue weighted by Crippen LogP contribution is 2.31. The molecule has 2 unspecified atom stereocenters. The van der Waals surface area contributed by atoms with E-state index < -0.39 is 35.0 Å². The lowest BCUT2D eigenvalue weighted by molar-refractivity contribution is -0.141. The van der Waals surface area contributed by atoms with Gasteiger partial charge in [0.25, 0.3) is 5.91 Å². The van der Waals surface area contributed by atoms with Crippen LogP contribution in [-0.2, 0) is 15.7 Å². The number of alkyl halides is 3. The van der Waals surface area contributed by atoms with Crippen molar-refractivity contribution < 1.29 is 32.3 Å². The minimum absolute atomic E-state index is 0.0119. The molecule has 1 aliphatic heterocycles. The molecule has 1 saturated heterocycles. The topological polar surface area (TPSA) is 93.5 Å². The first kappa shape index (κ1) is 28.2. The Morgan fingerprint density at radius 3 is 2.41 bits per heavy atom. The van der Waals surface area contributed by atoms with E-state index in [0.29, 0.717) is 31.5 Å². The first-order chi connectivity index (χ1) is 17.3. The molecule has 1 N–H and O–H groups in total. The maximum Gasteiger partial charge on any atom is 0.435 e. The molecule has 202 valence electrons. The first-order valence-electron chi connectivity index (χ1n) is 12.3. The van der Waals surface area contributed by atoms with Crippen molar-refractivity contribution in [1.82, 2.24) is 20.0 Å². The lowest BCUT2D eigenvalue weighted by atomic mass is 9.87. The Labute approximate surface area is 214 Å². The first-order valence-corrected chi connectivity index (χ1v) is 12.3. The number of piperidine rings is 1. The van der Waals surface area contributed by atoms with Gasteiger partial charge in [-0.3, -0.25) is 9.59 Å². The molecular weight excluding hydrogens is 489 g/mol. The third-order valence-corrected chi connectivity index (χ3v) is 6.09. The zero-order chi connectivity index (χ0) is 27.4. The maximum absolute atomic E-state index is 13.5. The number of hydrogen-bond acceptors (Lipinski definition) is 5. The van der Waals surface area contributed by atoms with Crippen molar-refractivity contribution in [2.75, 3.05) is 13.1 Å². The van der Waals surface area contributed by atoms with Crippen LogP contribution in [0.1, 0.15) is 69.4 Å². The molecule has 3 rings (SSSR count). The summed E-state index contributed by atoms with van der Waals surface area (Å²) in [5.41, 5.74) is -2.05. The Morgan fingerprint density at radius 1 is 1.14 bits per heavy atom. The molecule has 2 atom stereocenters. The van der Waals surface area contributed by atoms with Crippen molar-refractivity contribution in [1.29, 1.82) is 0 Å². The maximum atomic E-state index is 13.5. The minimum atomic E-state index is -4.80. The smallest absolute Gasteiger partial charge is 0.435 e. The minimum Gasteiger partial charge on any atom is -0.444 e. The van der Waals surface area contributed by atoms with Gasteiger partial charge in [0, 0.05) is 37.7 Å². The number of likely N-dealkylation sites (tertiary alicyclic amines) is 1. The number of ether oxygens (including phenoxy) is 1. The number of nitrogens with zero attached hydrogens (tertiary/aromatic N) is 3. The van der Waals surface area contributed by atoms with Crippen molar-refractivity contribution in [3.8, 4) is 5.69 Å². The Morgan fingerprint density at radius 2 is 1.81 bits per heavy atom. The molecule has 1 fully saturated rings. The summed E-state index contributed by atoms with van der Waals surface area (Å²) < 4.78 is 46.9. The van der Waals surface area contributed by atoms with Gasteiger partial charge in [-0.2, -0.15) is 18.3 Å². The number of carbonyl (C=O) groups excluding carboxylic acids is 3. The predicted molar refractivity (Wildman–Crippen MR) is 130 cm³/mol. The second-order valence-corrected chi connectivity index (χ2v) is 10.2. The van der Waals surface area contributed by atoms with Gasteiger partial charge in [-0.1, -0.05) is 18.2 Å². The fourth-order valence-electron chi connectivity index (χ4n) is 4.28. The van der Waals surface area contributed by atoms with Gasteiger partial charge in [0.05, 0.1) is 11.3 Å². The Balaban J connectivity index is 1.51. The van der Waals surface area contributed by atoms with Gasteiger partial charge < -0.3 is 15.0 Å². The van der Waals surface area contributed by atoms with E-state index in [4.69, 9.17) is 4.74 Å². The van der Waals surface area contributed by atoms with Crippen molar-refractivity contribution in [2.24, 2.45) is 5.92 Å². The van der Waals surface area contributed by atoms with E-state index in [-0.39, 0.29) is 30.7 Å². The molecule has 1 aromatic heterocycles. The van der Waals surface area contributed by atoms with Crippen LogP contribution in [0.4, 0.5) is 18.0 Å². The molecule has 0 radical (unpaired) electrons. The summed E-state index contributed by atoms with van der Waals surface area (Å²) in [6, 6.07) is 8.04. The molecule has 1 aromatic carbocycles. The number of ketones is 1. The Hall–Kier alpha value is -3.37. The van der Waals surface area contributed by atoms with Crippen molar-refractivity contribution in [3.63, 3.8) is 0 Å².